The topological polar surface area (TPSA) is 49.3 Å². The average molecular weight is 296 g/mol. The quantitative estimate of drug-likeness (QED) is 0.848. The van der Waals surface area contributed by atoms with Gasteiger partial charge in [0, 0.05) is 17.7 Å². The van der Waals surface area contributed by atoms with Gasteiger partial charge in [-0.2, -0.15) is 0 Å². The first-order valence-corrected chi connectivity index (χ1v) is 7.51. The molecule has 0 aliphatic heterocycles. The van der Waals surface area contributed by atoms with E-state index in [1.165, 1.54) is 0 Å². The predicted octanol–water partition coefficient (Wildman–Crippen LogP) is 2.89. The summed E-state index contributed by atoms with van der Waals surface area (Å²) >= 11 is 5.89. The van der Waals surface area contributed by atoms with E-state index in [9.17, 15) is 4.79 Å². The van der Waals surface area contributed by atoms with Crippen molar-refractivity contribution in [3.8, 4) is 0 Å². The summed E-state index contributed by atoms with van der Waals surface area (Å²) < 4.78 is 0. The molecule has 1 aromatic carbocycles. The van der Waals surface area contributed by atoms with Gasteiger partial charge in [0.1, 0.15) is 0 Å². The Kier molecular flexibility index (Phi) is 4.71. The maximum Gasteiger partial charge on any atom is 0.230 e. The number of amides is 1. The van der Waals surface area contributed by atoms with Crippen LogP contribution >= 0.6 is 11.6 Å². The highest BCUT2D eigenvalue weighted by molar-refractivity contribution is 6.30. The summed E-state index contributed by atoms with van der Waals surface area (Å²) in [7, 11) is 0. The van der Waals surface area contributed by atoms with Gasteiger partial charge in [0.15, 0.2) is 0 Å². The average Bonchev–Trinajstić information content (AvgIpc) is 3.23. The van der Waals surface area contributed by atoms with Crippen molar-refractivity contribution in [1.82, 2.24) is 5.32 Å². The number of rotatable bonds is 6. The highest BCUT2D eigenvalue weighted by atomic mass is 35.5. The maximum atomic E-state index is 12.5. The van der Waals surface area contributed by atoms with Crippen molar-refractivity contribution < 1.29 is 9.90 Å². The standard InChI is InChI=1S/C16H22ClNO2/c1-16(2,12-5-7-13(17)8-6-12)15(20)18-14(9-10-19)11-3-4-11/h5-8,11,14,19H,3-4,9-10H2,1-2H3,(H,18,20). The van der Waals surface area contributed by atoms with E-state index in [0.717, 1.165) is 18.4 Å². The van der Waals surface area contributed by atoms with Crippen LogP contribution in [0.15, 0.2) is 24.3 Å². The van der Waals surface area contributed by atoms with Gasteiger partial charge in [-0.15, -0.1) is 0 Å². The Balaban J connectivity index is 2.07. The first kappa shape index (κ1) is 15.3. The molecule has 110 valence electrons. The van der Waals surface area contributed by atoms with Crippen molar-refractivity contribution in [2.75, 3.05) is 6.61 Å². The SMILES string of the molecule is CC(C)(C(=O)NC(CCO)C1CC1)c1ccc(Cl)cc1. The van der Waals surface area contributed by atoms with E-state index in [1.54, 1.807) is 12.1 Å². The predicted molar refractivity (Wildman–Crippen MR) is 80.8 cm³/mol. The Morgan fingerprint density at radius 2 is 2.00 bits per heavy atom. The Labute approximate surface area is 125 Å². The van der Waals surface area contributed by atoms with Crippen LogP contribution in [0, 0.1) is 5.92 Å². The summed E-state index contributed by atoms with van der Waals surface area (Å²) in [4.78, 5) is 12.5. The number of carbonyl (C=O) groups is 1. The van der Waals surface area contributed by atoms with Gasteiger partial charge in [-0.05, 0) is 56.7 Å². The van der Waals surface area contributed by atoms with Gasteiger partial charge < -0.3 is 10.4 Å². The lowest BCUT2D eigenvalue weighted by Crippen LogP contribution is -2.46. The van der Waals surface area contributed by atoms with Crippen molar-refractivity contribution in [3.63, 3.8) is 0 Å². The molecule has 4 heteroatoms. The molecule has 2 N–H and O–H groups in total. The molecule has 0 bridgehead atoms. The normalized spacial score (nSPS) is 16.8. The minimum Gasteiger partial charge on any atom is -0.396 e. The molecular weight excluding hydrogens is 274 g/mol. The first-order valence-electron chi connectivity index (χ1n) is 7.13. The summed E-state index contributed by atoms with van der Waals surface area (Å²) in [6.07, 6.45) is 2.92. The number of benzene rings is 1. The van der Waals surface area contributed by atoms with E-state index in [0.29, 0.717) is 17.4 Å². The molecule has 0 aromatic heterocycles. The molecule has 1 fully saturated rings. The molecule has 1 saturated carbocycles. The minimum absolute atomic E-state index is 0.00479. The second kappa shape index (κ2) is 6.15. The molecule has 1 aliphatic carbocycles. The number of nitrogens with one attached hydrogen (secondary N) is 1. The molecule has 1 atom stereocenters. The Hall–Kier alpha value is -1.06. The third kappa shape index (κ3) is 3.53. The number of carbonyl (C=O) groups excluding carboxylic acids is 1. The molecule has 0 heterocycles. The Morgan fingerprint density at radius 1 is 1.40 bits per heavy atom. The van der Waals surface area contributed by atoms with Crippen LogP contribution in [-0.4, -0.2) is 23.7 Å². The number of aliphatic hydroxyl groups is 1. The second-order valence-electron chi connectivity index (χ2n) is 6.06. The highest BCUT2D eigenvalue weighted by Crippen LogP contribution is 2.35. The van der Waals surface area contributed by atoms with Crippen molar-refractivity contribution in [2.45, 2.75) is 44.6 Å². The monoisotopic (exact) mass is 295 g/mol. The number of halogens is 1. The molecule has 1 aliphatic rings. The van der Waals surface area contributed by atoms with Crippen molar-refractivity contribution in [1.29, 1.82) is 0 Å². The van der Waals surface area contributed by atoms with Crippen LogP contribution in [-0.2, 0) is 10.2 Å². The maximum absolute atomic E-state index is 12.5. The molecule has 1 unspecified atom stereocenters. The third-order valence-electron chi connectivity index (χ3n) is 4.08. The second-order valence-corrected chi connectivity index (χ2v) is 6.50. The first-order chi connectivity index (χ1) is 9.45. The molecule has 0 radical (unpaired) electrons. The van der Waals surface area contributed by atoms with E-state index in [1.807, 2.05) is 26.0 Å². The summed E-state index contributed by atoms with van der Waals surface area (Å²) in [6, 6.07) is 7.48. The Bertz CT molecular complexity index is 466. The van der Waals surface area contributed by atoms with Gasteiger partial charge >= 0.3 is 0 Å². The fraction of sp³-hybridized carbons (Fsp3) is 0.562. The zero-order chi connectivity index (χ0) is 14.8. The number of hydrogen-bond acceptors (Lipinski definition) is 2. The van der Waals surface area contributed by atoms with Gasteiger partial charge in [0.25, 0.3) is 0 Å². The van der Waals surface area contributed by atoms with Gasteiger partial charge in [-0.25, -0.2) is 0 Å². The summed E-state index contributed by atoms with van der Waals surface area (Å²) in [5.41, 5.74) is 0.339. The van der Waals surface area contributed by atoms with Crippen molar-refractivity contribution in [2.24, 2.45) is 5.92 Å². The lowest BCUT2D eigenvalue weighted by Gasteiger charge is -2.28. The Morgan fingerprint density at radius 3 is 2.50 bits per heavy atom. The fourth-order valence-electron chi connectivity index (χ4n) is 2.41. The summed E-state index contributed by atoms with van der Waals surface area (Å²) in [5.74, 6) is 0.539. The summed E-state index contributed by atoms with van der Waals surface area (Å²) in [6.45, 7) is 3.94. The van der Waals surface area contributed by atoms with Crippen LogP contribution in [0.4, 0.5) is 0 Å². The molecule has 3 nitrogen and oxygen atoms in total. The van der Waals surface area contributed by atoms with Gasteiger partial charge in [-0.3, -0.25) is 4.79 Å². The van der Waals surface area contributed by atoms with Gasteiger partial charge in [0.2, 0.25) is 5.91 Å². The molecule has 1 amide bonds. The van der Waals surface area contributed by atoms with Crippen LogP contribution in [0.1, 0.15) is 38.7 Å². The minimum atomic E-state index is -0.604. The van der Waals surface area contributed by atoms with E-state index in [2.05, 4.69) is 5.32 Å². The van der Waals surface area contributed by atoms with E-state index >= 15 is 0 Å². The van der Waals surface area contributed by atoms with Crippen molar-refractivity contribution in [3.05, 3.63) is 34.9 Å². The van der Waals surface area contributed by atoms with Crippen LogP contribution in [0.3, 0.4) is 0 Å². The third-order valence-corrected chi connectivity index (χ3v) is 4.33. The van der Waals surface area contributed by atoms with Gasteiger partial charge in [-0.1, -0.05) is 23.7 Å². The molecule has 0 saturated heterocycles. The largest absolute Gasteiger partial charge is 0.396 e. The van der Waals surface area contributed by atoms with Crippen LogP contribution in [0.2, 0.25) is 5.02 Å². The van der Waals surface area contributed by atoms with Crippen molar-refractivity contribution >= 4 is 17.5 Å². The molecular formula is C16H22ClNO2. The van der Waals surface area contributed by atoms with E-state index in [-0.39, 0.29) is 18.6 Å². The zero-order valence-electron chi connectivity index (χ0n) is 12.0. The van der Waals surface area contributed by atoms with E-state index in [4.69, 9.17) is 16.7 Å². The molecule has 1 aromatic rings. The molecule has 20 heavy (non-hydrogen) atoms. The lowest BCUT2D eigenvalue weighted by atomic mass is 9.83. The smallest absolute Gasteiger partial charge is 0.230 e. The lowest BCUT2D eigenvalue weighted by molar-refractivity contribution is -0.126. The zero-order valence-corrected chi connectivity index (χ0v) is 12.8. The van der Waals surface area contributed by atoms with Gasteiger partial charge in [0.05, 0.1) is 5.41 Å². The molecule has 2 rings (SSSR count). The van der Waals surface area contributed by atoms with Crippen LogP contribution in [0.5, 0.6) is 0 Å². The summed E-state index contributed by atoms with van der Waals surface area (Å²) in [5, 5.41) is 12.9. The highest BCUT2D eigenvalue weighted by Gasteiger charge is 2.36. The number of hydrogen-bond donors (Lipinski definition) is 2. The van der Waals surface area contributed by atoms with Crippen LogP contribution < -0.4 is 5.32 Å². The van der Waals surface area contributed by atoms with E-state index < -0.39 is 5.41 Å². The fourth-order valence-corrected chi connectivity index (χ4v) is 2.54. The van der Waals surface area contributed by atoms with Crippen LogP contribution in [0.25, 0.3) is 0 Å². The number of aliphatic hydroxyl groups excluding tert-OH is 1. The molecule has 0 spiro atoms.